The molecule has 6 nitrogen and oxygen atoms in total. The average molecular weight is 448 g/mol. The number of hydrogen-bond donors (Lipinski definition) is 1. The fraction of sp³-hybridized carbons (Fsp3) is 0.407. The number of amides is 1. The van der Waals surface area contributed by atoms with Crippen molar-refractivity contribution in [2.75, 3.05) is 33.3 Å². The molecule has 1 N–H and O–H groups in total. The number of aliphatic hydroxyl groups is 1. The summed E-state index contributed by atoms with van der Waals surface area (Å²) < 4.78 is 5.99. The van der Waals surface area contributed by atoms with Crippen molar-refractivity contribution in [2.24, 2.45) is 0 Å². The van der Waals surface area contributed by atoms with E-state index in [1.807, 2.05) is 38.2 Å². The van der Waals surface area contributed by atoms with E-state index >= 15 is 0 Å². The topological polar surface area (TPSA) is 65.9 Å². The monoisotopic (exact) mass is 447 g/mol. The van der Waals surface area contributed by atoms with Gasteiger partial charge >= 0.3 is 0 Å². The number of carbonyl (C=O) groups excluding carboxylic acids is 1. The smallest absolute Gasteiger partial charge is 0.260 e. The third kappa shape index (κ3) is 5.34. The van der Waals surface area contributed by atoms with Crippen LogP contribution in [0, 0.1) is 6.92 Å². The van der Waals surface area contributed by atoms with Gasteiger partial charge in [-0.15, -0.1) is 0 Å². The number of fused-ring (bicyclic) bond motifs is 1. The normalized spacial score (nSPS) is 17.3. The molecule has 0 saturated carbocycles. The highest BCUT2D eigenvalue weighted by Gasteiger charge is 2.28. The van der Waals surface area contributed by atoms with Crippen LogP contribution in [0.25, 0.3) is 10.9 Å². The van der Waals surface area contributed by atoms with Crippen LogP contribution in [0.5, 0.6) is 5.75 Å². The predicted octanol–water partition coefficient (Wildman–Crippen LogP) is 3.75. The highest BCUT2D eigenvalue weighted by molar-refractivity contribution is 5.88. The third-order valence-corrected chi connectivity index (χ3v) is 6.57. The van der Waals surface area contributed by atoms with Crippen LogP contribution >= 0.6 is 0 Å². The summed E-state index contributed by atoms with van der Waals surface area (Å²) in [4.78, 5) is 21.7. The van der Waals surface area contributed by atoms with Crippen LogP contribution in [0.15, 0.2) is 54.7 Å². The Labute approximate surface area is 195 Å². The molecule has 2 aromatic carbocycles. The largest absolute Gasteiger partial charge is 0.483 e. The van der Waals surface area contributed by atoms with E-state index in [2.05, 4.69) is 41.1 Å². The summed E-state index contributed by atoms with van der Waals surface area (Å²) in [6.45, 7) is 6.27. The number of aryl methyl sites for hydroxylation is 2. The minimum atomic E-state index is -0.291. The third-order valence-electron chi connectivity index (χ3n) is 6.57. The molecule has 0 spiro atoms. The molecule has 0 radical (unpaired) electrons. The molecular formula is C27H33N3O3. The zero-order valence-electron chi connectivity index (χ0n) is 19.7. The number of rotatable bonds is 8. The van der Waals surface area contributed by atoms with E-state index in [1.54, 1.807) is 11.1 Å². The SMILES string of the molecule is CCc1cccc(C(CN2CC[C@H](O)C2)N(C)C(=O)COc2ccc(C)c3ncccc23)c1. The minimum absolute atomic E-state index is 0.0455. The zero-order chi connectivity index (χ0) is 23.4. The van der Waals surface area contributed by atoms with Gasteiger partial charge in [-0.1, -0.05) is 37.3 Å². The number of likely N-dealkylation sites (tertiary alicyclic amines) is 1. The van der Waals surface area contributed by atoms with Gasteiger partial charge in [-0.05, 0) is 54.7 Å². The Morgan fingerprint density at radius 1 is 1.27 bits per heavy atom. The van der Waals surface area contributed by atoms with Crippen molar-refractivity contribution in [3.05, 3.63) is 71.4 Å². The summed E-state index contributed by atoms with van der Waals surface area (Å²) in [5, 5.41) is 10.9. The Kier molecular flexibility index (Phi) is 7.26. The summed E-state index contributed by atoms with van der Waals surface area (Å²) in [6, 6.07) is 16.0. The Morgan fingerprint density at radius 3 is 2.88 bits per heavy atom. The lowest BCUT2D eigenvalue weighted by atomic mass is 10.0. The van der Waals surface area contributed by atoms with E-state index in [4.69, 9.17) is 4.74 Å². The lowest BCUT2D eigenvalue weighted by Crippen LogP contribution is -2.41. The zero-order valence-corrected chi connectivity index (χ0v) is 19.7. The van der Waals surface area contributed by atoms with Gasteiger partial charge in [0.1, 0.15) is 5.75 Å². The quantitative estimate of drug-likeness (QED) is 0.570. The first-order valence-corrected chi connectivity index (χ1v) is 11.7. The van der Waals surface area contributed by atoms with Gasteiger partial charge in [-0.3, -0.25) is 14.7 Å². The van der Waals surface area contributed by atoms with E-state index in [9.17, 15) is 9.90 Å². The van der Waals surface area contributed by atoms with Crippen LogP contribution in [0.4, 0.5) is 0 Å². The maximum absolute atomic E-state index is 13.2. The molecule has 174 valence electrons. The van der Waals surface area contributed by atoms with Crippen molar-refractivity contribution in [1.29, 1.82) is 0 Å². The molecular weight excluding hydrogens is 414 g/mol. The molecule has 33 heavy (non-hydrogen) atoms. The van der Waals surface area contributed by atoms with Crippen molar-refractivity contribution in [2.45, 2.75) is 38.8 Å². The summed E-state index contributed by atoms with van der Waals surface area (Å²) in [7, 11) is 1.84. The molecule has 4 rings (SSSR count). The van der Waals surface area contributed by atoms with Crippen molar-refractivity contribution in [1.82, 2.24) is 14.8 Å². The van der Waals surface area contributed by atoms with Crippen LogP contribution < -0.4 is 4.74 Å². The first-order chi connectivity index (χ1) is 16.0. The molecule has 1 unspecified atom stereocenters. The first-order valence-electron chi connectivity index (χ1n) is 11.7. The molecule has 1 aliphatic heterocycles. The van der Waals surface area contributed by atoms with Crippen molar-refractivity contribution < 1.29 is 14.6 Å². The van der Waals surface area contributed by atoms with Gasteiger partial charge in [0, 0.05) is 38.3 Å². The van der Waals surface area contributed by atoms with Crippen LogP contribution in [0.2, 0.25) is 0 Å². The van der Waals surface area contributed by atoms with E-state index in [0.717, 1.165) is 41.4 Å². The number of benzene rings is 2. The second kappa shape index (κ2) is 10.3. The van der Waals surface area contributed by atoms with Crippen LogP contribution in [0.1, 0.15) is 36.1 Å². The van der Waals surface area contributed by atoms with Gasteiger partial charge in [0.05, 0.1) is 17.7 Å². The van der Waals surface area contributed by atoms with Crippen molar-refractivity contribution >= 4 is 16.8 Å². The lowest BCUT2D eigenvalue weighted by molar-refractivity contribution is -0.134. The molecule has 0 aliphatic carbocycles. The highest BCUT2D eigenvalue weighted by atomic mass is 16.5. The fourth-order valence-corrected chi connectivity index (χ4v) is 4.52. The highest BCUT2D eigenvalue weighted by Crippen LogP contribution is 2.28. The number of aliphatic hydroxyl groups excluding tert-OH is 1. The van der Waals surface area contributed by atoms with E-state index in [1.165, 1.54) is 5.56 Å². The summed E-state index contributed by atoms with van der Waals surface area (Å²) in [5.41, 5.74) is 4.31. The van der Waals surface area contributed by atoms with Gasteiger partial charge in [-0.25, -0.2) is 0 Å². The number of hydrogen-bond acceptors (Lipinski definition) is 5. The maximum atomic E-state index is 13.2. The van der Waals surface area contributed by atoms with Crippen LogP contribution in [-0.2, 0) is 11.2 Å². The second-order valence-electron chi connectivity index (χ2n) is 8.89. The maximum Gasteiger partial charge on any atom is 0.260 e. The molecule has 3 aromatic rings. The van der Waals surface area contributed by atoms with E-state index in [-0.39, 0.29) is 24.7 Å². The van der Waals surface area contributed by atoms with Gasteiger partial charge in [-0.2, -0.15) is 0 Å². The van der Waals surface area contributed by atoms with Crippen molar-refractivity contribution in [3.8, 4) is 5.75 Å². The molecule has 1 saturated heterocycles. The summed E-state index contributed by atoms with van der Waals surface area (Å²) in [5.74, 6) is 0.580. The first kappa shape index (κ1) is 23.2. The molecule has 2 atom stereocenters. The molecule has 1 amide bonds. The summed E-state index contributed by atoms with van der Waals surface area (Å²) in [6.07, 6.45) is 3.19. The molecule has 6 heteroatoms. The molecule has 1 fully saturated rings. The Balaban J connectivity index is 1.52. The second-order valence-corrected chi connectivity index (χ2v) is 8.89. The molecule has 1 aromatic heterocycles. The van der Waals surface area contributed by atoms with Gasteiger partial charge in [0.25, 0.3) is 5.91 Å². The number of ether oxygens (including phenoxy) is 1. The van der Waals surface area contributed by atoms with Gasteiger partial charge < -0.3 is 14.7 Å². The molecule has 2 heterocycles. The van der Waals surface area contributed by atoms with E-state index in [0.29, 0.717) is 18.8 Å². The standard InChI is InChI=1S/C27H33N3O3/c1-4-20-7-5-8-21(15-20)24(17-30-14-12-22(31)16-30)29(3)26(32)18-33-25-11-10-19(2)27-23(25)9-6-13-28-27/h5-11,13,15,22,24,31H,4,12,14,16-18H2,1-3H3/t22-,24?/m0/s1. The fourth-order valence-electron chi connectivity index (χ4n) is 4.52. The number of likely N-dealkylation sites (N-methyl/N-ethyl adjacent to an activating group) is 1. The van der Waals surface area contributed by atoms with E-state index < -0.39 is 0 Å². The minimum Gasteiger partial charge on any atom is -0.483 e. The van der Waals surface area contributed by atoms with Crippen LogP contribution in [0.3, 0.4) is 0 Å². The molecule has 0 bridgehead atoms. The molecule has 1 aliphatic rings. The number of carbonyl (C=O) groups is 1. The Morgan fingerprint density at radius 2 is 2.12 bits per heavy atom. The van der Waals surface area contributed by atoms with Gasteiger partial charge in [0.15, 0.2) is 6.61 Å². The Hall–Kier alpha value is -2.96. The Bertz CT molecular complexity index is 1120. The summed E-state index contributed by atoms with van der Waals surface area (Å²) >= 11 is 0. The average Bonchev–Trinajstić information content (AvgIpc) is 3.26. The lowest BCUT2D eigenvalue weighted by Gasteiger charge is -2.32. The predicted molar refractivity (Wildman–Crippen MR) is 130 cm³/mol. The van der Waals surface area contributed by atoms with Crippen LogP contribution in [-0.4, -0.2) is 65.2 Å². The number of nitrogens with zero attached hydrogens (tertiary/aromatic N) is 3. The van der Waals surface area contributed by atoms with Crippen molar-refractivity contribution in [3.63, 3.8) is 0 Å². The number of β-amino-alcohol motifs (C(OH)–C–C–N with tert-alkyl or cyclic N) is 1. The van der Waals surface area contributed by atoms with Gasteiger partial charge in [0.2, 0.25) is 0 Å². The number of aromatic nitrogens is 1. The number of pyridine rings is 1.